The quantitative estimate of drug-likeness (QED) is 0.233. The molecule has 0 aliphatic rings. The predicted molar refractivity (Wildman–Crippen MR) is 96.3 cm³/mol. The number of aliphatic carboxylic acids is 1. The third kappa shape index (κ3) is 12.2. The number of rotatable bonds is 16. The van der Waals surface area contributed by atoms with Crippen LogP contribution in [0.5, 0.6) is 0 Å². The van der Waals surface area contributed by atoms with Gasteiger partial charge in [-0.15, -0.1) is 0 Å². The number of carboxylic acids is 1. The van der Waals surface area contributed by atoms with Crippen LogP contribution in [0.25, 0.3) is 0 Å². The zero-order valence-electron chi connectivity index (χ0n) is 16.2. The van der Waals surface area contributed by atoms with Gasteiger partial charge in [0.25, 0.3) is 0 Å². The van der Waals surface area contributed by atoms with Crippen LogP contribution in [-0.2, 0) is 24.3 Å². The third-order valence-corrected chi connectivity index (χ3v) is 4.98. The molecule has 1 N–H and O–H groups in total. The molecule has 0 atom stereocenters. The average Bonchev–Trinajstić information content (AvgIpc) is 2.51. The molecule has 23 heavy (non-hydrogen) atoms. The molecular weight excluding hydrogens is 338 g/mol. The molecule has 0 aliphatic carbocycles. The summed E-state index contributed by atoms with van der Waals surface area (Å²) in [6.45, 7) is 6.56. The zero-order valence-corrected chi connectivity index (χ0v) is 19.1. The van der Waals surface area contributed by atoms with Crippen LogP contribution < -0.4 is 0 Å². The van der Waals surface area contributed by atoms with Crippen LogP contribution in [0.3, 0.4) is 0 Å². The number of carbonyl (C=O) groups is 1. The summed E-state index contributed by atoms with van der Waals surface area (Å²) in [6.07, 6.45) is 17.2. The Hall–Kier alpha value is 0.0934. The Bertz CT molecular complexity index is 258. The Balaban J connectivity index is 0. The van der Waals surface area contributed by atoms with Gasteiger partial charge in [0.2, 0.25) is 0 Å². The van der Waals surface area contributed by atoms with Crippen molar-refractivity contribution >= 4 is 5.97 Å². The van der Waals surface area contributed by atoms with E-state index in [1.165, 1.54) is 44.9 Å². The summed E-state index contributed by atoms with van der Waals surface area (Å²) in [6, 6.07) is 0. The van der Waals surface area contributed by atoms with Crippen LogP contribution in [-0.4, -0.2) is 11.1 Å². The molecule has 0 aromatic heterocycles. The van der Waals surface area contributed by atoms with E-state index in [4.69, 9.17) is 0 Å². The smallest absolute Gasteiger partial charge is 0.309 e. The molecule has 0 amide bonds. The fourth-order valence-corrected chi connectivity index (χ4v) is 3.32. The molecule has 0 unspecified atom stereocenters. The van der Waals surface area contributed by atoms with Crippen molar-refractivity contribution < 1.29 is 29.4 Å². The Kier molecular flexibility index (Phi) is 18.7. The fraction of sp³-hybridized carbons (Fsp3) is 0.950. The molecule has 0 aliphatic heterocycles. The van der Waals surface area contributed by atoms with E-state index in [-0.39, 0.29) is 19.5 Å². The normalized spacial score (nSPS) is 11.3. The second kappa shape index (κ2) is 16.9. The molecule has 0 spiro atoms. The Labute approximate surface area is 158 Å². The van der Waals surface area contributed by atoms with Crippen molar-refractivity contribution in [3.63, 3.8) is 0 Å². The van der Waals surface area contributed by atoms with Gasteiger partial charge in [0.15, 0.2) is 0 Å². The number of carboxylic acid groups (broad SMARTS) is 1. The molecule has 0 aromatic carbocycles. The van der Waals surface area contributed by atoms with Crippen LogP contribution in [0.1, 0.15) is 117 Å². The molecule has 0 fully saturated rings. The fourth-order valence-electron chi connectivity index (χ4n) is 3.32. The van der Waals surface area contributed by atoms with Gasteiger partial charge >= 0.3 is 5.97 Å². The van der Waals surface area contributed by atoms with E-state index in [1.54, 1.807) is 0 Å². The van der Waals surface area contributed by atoms with Gasteiger partial charge in [-0.1, -0.05) is 97.8 Å². The van der Waals surface area contributed by atoms with E-state index < -0.39 is 11.4 Å². The average molecular weight is 378 g/mol. The molecule has 0 rings (SSSR count). The summed E-state index contributed by atoms with van der Waals surface area (Å²) in [4.78, 5) is 11.9. The van der Waals surface area contributed by atoms with Crippen LogP contribution >= 0.6 is 0 Å². The van der Waals surface area contributed by atoms with Crippen molar-refractivity contribution in [3.8, 4) is 0 Å². The van der Waals surface area contributed by atoms with E-state index in [0.717, 1.165) is 51.4 Å². The first-order valence-corrected chi connectivity index (χ1v) is 9.86. The van der Waals surface area contributed by atoms with Gasteiger partial charge in [0.1, 0.15) is 0 Å². The molecule has 3 heteroatoms. The maximum atomic E-state index is 11.9. The van der Waals surface area contributed by atoms with Gasteiger partial charge < -0.3 is 5.11 Å². The van der Waals surface area contributed by atoms with Crippen LogP contribution in [0.15, 0.2) is 0 Å². The van der Waals surface area contributed by atoms with Crippen molar-refractivity contribution in [1.29, 1.82) is 0 Å². The van der Waals surface area contributed by atoms with E-state index in [0.29, 0.717) is 0 Å². The predicted octanol–water partition coefficient (Wildman–Crippen LogP) is 6.97. The minimum atomic E-state index is -0.544. The standard InChI is InChI=1S/C20H40O2.Zn/c1-4-7-10-11-12-13-14-15-18-20(19(21)22,16-8-5-2)17-9-6-3;/h4-18H2,1-3H3,(H,21,22);. The van der Waals surface area contributed by atoms with E-state index >= 15 is 0 Å². The van der Waals surface area contributed by atoms with E-state index in [1.807, 2.05) is 0 Å². The van der Waals surface area contributed by atoms with Gasteiger partial charge in [0.05, 0.1) is 5.41 Å². The molecule has 0 saturated carbocycles. The van der Waals surface area contributed by atoms with Gasteiger partial charge in [-0.05, 0) is 19.3 Å². The molecule has 0 radical (unpaired) electrons. The van der Waals surface area contributed by atoms with Gasteiger partial charge in [0, 0.05) is 19.5 Å². The third-order valence-electron chi connectivity index (χ3n) is 4.98. The largest absolute Gasteiger partial charge is 0.481 e. The van der Waals surface area contributed by atoms with Crippen molar-refractivity contribution in [2.75, 3.05) is 0 Å². The molecular formula is C20H40O2Zn. The Morgan fingerprint density at radius 1 is 0.652 bits per heavy atom. The van der Waals surface area contributed by atoms with Crippen LogP contribution in [0, 0.1) is 5.41 Å². The van der Waals surface area contributed by atoms with Gasteiger partial charge in [-0.2, -0.15) is 0 Å². The minimum Gasteiger partial charge on any atom is -0.481 e. The maximum Gasteiger partial charge on any atom is 0.309 e. The monoisotopic (exact) mass is 376 g/mol. The summed E-state index contributed by atoms with van der Waals surface area (Å²) < 4.78 is 0. The Morgan fingerprint density at radius 3 is 1.39 bits per heavy atom. The van der Waals surface area contributed by atoms with Crippen molar-refractivity contribution in [3.05, 3.63) is 0 Å². The zero-order chi connectivity index (χ0) is 16.7. The molecule has 0 saturated heterocycles. The van der Waals surface area contributed by atoms with E-state index in [9.17, 15) is 9.90 Å². The second-order valence-corrected chi connectivity index (χ2v) is 7.02. The SMILES string of the molecule is CCCCCCCCCCC(CCCC)(CCCC)C(=O)O.[Zn]. The minimum absolute atomic E-state index is 0. The van der Waals surface area contributed by atoms with Crippen molar-refractivity contribution in [1.82, 2.24) is 0 Å². The second-order valence-electron chi connectivity index (χ2n) is 7.02. The first-order valence-electron chi connectivity index (χ1n) is 9.86. The summed E-state index contributed by atoms with van der Waals surface area (Å²) in [5.41, 5.74) is -0.436. The molecule has 0 aromatic rings. The number of hydrogen-bond donors (Lipinski definition) is 1. The van der Waals surface area contributed by atoms with E-state index in [2.05, 4.69) is 20.8 Å². The first-order chi connectivity index (χ1) is 10.6. The molecule has 0 heterocycles. The Morgan fingerprint density at radius 2 is 1.00 bits per heavy atom. The van der Waals surface area contributed by atoms with Crippen LogP contribution in [0.2, 0.25) is 0 Å². The van der Waals surface area contributed by atoms with Crippen molar-refractivity contribution in [2.45, 2.75) is 117 Å². The van der Waals surface area contributed by atoms with Crippen LogP contribution in [0.4, 0.5) is 0 Å². The summed E-state index contributed by atoms with van der Waals surface area (Å²) in [7, 11) is 0. The number of hydrogen-bond acceptors (Lipinski definition) is 1. The summed E-state index contributed by atoms with van der Waals surface area (Å²) in [5.74, 6) is -0.544. The summed E-state index contributed by atoms with van der Waals surface area (Å²) >= 11 is 0. The maximum absolute atomic E-state index is 11.9. The first kappa shape index (κ1) is 25.3. The molecule has 0 bridgehead atoms. The van der Waals surface area contributed by atoms with Gasteiger partial charge in [-0.3, -0.25) is 4.79 Å². The van der Waals surface area contributed by atoms with Gasteiger partial charge in [-0.25, -0.2) is 0 Å². The number of unbranched alkanes of at least 4 members (excludes halogenated alkanes) is 9. The summed E-state index contributed by atoms with van der Waals surface area (Å²) in [5, 5.41) is 9.78. The molecule has 134 valence electrons. The molecule has 2 nitrogen and oxygen atoms in total. The van der Waals surface area contributed by atoms with Crippen molar-refractivity contribution in [2.24, 2.45) is 5.41 Å². The topological polar surface area (TPSA) is 37.3 Å².